The van der Waals surface area contributed by atoms with E-state index in [-0.39, 0.29) is 11.6 Å². The van der Waals surface area contributed by atoms with Crippen LogP contribution in [0.3, 0.4) is 0 Å². The Morgan fingerprint density at radius 1 is 1.10 bits per heavy atom. The van der Waals surface area contributed by atoms with Crippen molar-refractivity contribution in [2.75, 3.05) is 11.1 Å². The molecule has 1 N–H and O–H groups in total. The summed E-state index contributed by atoms with van der Waals surface area (Å²) in [5.41, 5.74) is 2.34. The van der Waals surface area contributed by atoms with Gasteiger partial charge in [0.05, 0.1) is 10.6 Å². The van der Waals surface area contributed by atoms with Crippen LogP contribution in [-0.2, 0) is 16.4 Å². The highest BCUT2D eigenvalue weighted by atomic mass is 32.2. The highest BCUT2D eigenvalue weighted by molar-refractivity contribution is 7.91. The van der Waals surface area contributed by atoms with Gasteiger partial charge in [0.2, 0.25) is 0 Å². The van der Waals surface area contributed by atoms with E-state index < -0.39 is 9.84 Å². The number of sulfone groups is 1. The molecule has 0 aromatic heterocycles. The molecule has 0 saturated heterocycles. The minimum Gasteiger partial charge on any atom is -0.381 e. The Kier molecular flexibility index (Phi) is 4.63. The average Bonchev–Trinajstić information content (AvgIpc) is 2.48. The summed E-state index contributed by atoms with van der Waals surface area (Å²) < 4.78 is 37.0. The first-order valence-electron chi connectivity index (χ1n) is 6.74. The molecule has 0 unspecified atom stereocenters. The molecule has 0 aliphatic carbocycles. The van der Waals surface area contributed by atoms with Crippen molar-refractivity contribution in [2.45, 2.75) is 25.3 Å². The van der Waals surface area contributed by atoms with Gasteiger partial charge in [-0.25, -0.2) is 12.8 Å². The van der Waals surface area contributed by atoms with Crippen molar-refractivity contribution in [2.24, 2.45) is 0 Å². The van der Waals surface area contributed by atoms with Crippen molar-refractivity contribution >= 4 is 15.5 Å². The van der Waals surface area contributed by atoms with Crippen LogP contribution in [0.1, 0.15) is 18.1 Å². The first-order valence-corrected chi connectivity index (χ1v) is 8.39. The number of hydrogen-bond donors (Lipinski definition) is 1. The van der Waals surface area contributed by atoms with E-state index in [9.17, 15) is 12.8 Å². The Hall–Kier alpha value is -1.88. The van der Waals surface area contributed by atoms with Gasteiger partial charge < -0.3 is 5.32 Å². The molecular formula is C16H18FNO2S. The molecule has 0 atom stereocenters. The zero-order valence-corrected chi connectivity index (χ0v) is 12.9. The van der Waals surface area contributed by atoms with E-state index >= 15 is 0 Å². The molecule has 0 bridgehead atoms. The van der Waals surface area contributed by atoms with E-state index in [1.54, 1.807) is 43.3 Å². The predicted octanol–water partition coefficient (Wildman–Crippen LogP) is 3.54. The normalized spacial score (nSPS) is 11.4. The second-order valence-corrected chi connectivity index (χ2v) is 7.15. The van der Waals surface area contributed by atoms with Gasteiger partial charge in [0.25, 0.3) is 0 Å². The fourth-order valence-corrected chi connectivity index (χ4v) is 2.87. The van der Waals surface area contributed by atoms with E-state index in [1.807, 2.05) is 6.92 Å². The molecule has 0 spiro atoms. The second kappa shape index (κ2) is 6.26. The van der Waals surface area contributed by atoms with Crippen molar-refractivity contribution in [1.29, 1.82) is 0 Å². The molecule has 5 heteroatoms. The number of aryl methyl sites for hydroxylation is 1. The highest BCUT2D eigenvalue weighted by Gasteiger charge is 2.10. The monoisotopic (exact) mass is 307 g/mol. The number of hydrogen-bond acceptors (Lipinski definition) is 3. The van der Waals surface area contributed by atoms with Gasteiger partial charge >= 0.3 is 0 Å². The first kappa shape index (κ1) is 15.5. The summed E-state index contributed by atoms with van der Waals surface area (Å²) >= 11 is 0. The molecule has 0 fully saturated rings. The van der Waals surface area contributed by atoms with Crippen LogP contribution in [0.25, 0.3) is 0 Å². The largest absolute Gasteiger partial charge is 0.381 e. The van der Waals surface area contributed by atoms with Crippen LogP contribution in [0.2, 0.25) is 0 Å². The molecule has 0 aliphatic heterocycles. The standard InChI is InChI=1S/C16H18FNO2S/c1-3-21(19,20)15-7-5-14(6-8-15)18-11-13-10-12(2)4-9-16(13)17/h4-10,18H,3,11H2,1-2H3. The molecule has 21 heavy (non-hydrogen) atoms. The fourth-order valence-electron chi connectivity index (χ4n) is 1.98. The number of benzene rings is 2. The smallest absolute Gasteiger partial charge is 0.178 e. The second-order valence-electron chi connectivity index (χ2n) is 4.88. The molecule has 112 valence electrons. The summed E-state index contributed by atoms with van der Waals surface area (Å²) in [5.74, 6) is -0.174. The minimum absolute atomic E-state index is 0.0777. The summed E-state index contributed by atoms with van der Waals surface area (Å²) in [7, 11) is -3.18. The summed E-state index contributed by atoms with van der Waals surface area (Å²) in [6, 6.07) is 11.5. The maximum Gasteiger partial charge on any atom is 0.178 e. The van der Waals surface area contributed by atoms with Crippen molar-refractivity contribution in [3.8, 4) is 0 Å². The van der Waals surface area contributed by atoms with Crippen molar-refractivity contribution < 1.29 is 12.8 Å². The average molecular weight is 307 g/mol. The SMILES string of the molecule is CCS(=O)(=O)c1ccc(NCc2cc(C)ccc2F)cc1. The zero-order chi connectivity index (χ0) is 15.5. The van der Waals surface area contributed by atoms with Crippen LogP contribution in [0, 0.1) is 12.7 Å². The Balaban J connectivity index is 2.09. The molecule has 2 aromatic rings. The third-order valence-electron chi connectivity index (χ3n) is 3.28. The summed E-state index contributed by atoms with van der Waals surface area (Å²) in [5, 5.41) is 3.09. The Morgan fingerprint density at radius 3 is 2.38 bits per heavy atom. The van der Waals surface area contributed by atoms with Gasteiger partial charge in [-0.15, -0.1) is 0 Å². The quantitative estimate of drug-likeness (QED) is 0.919. The van der Waals surface area contributed by atoms with Crippen LogP contribution in [0.15, 0.2) is 47.4 Å². The Labute approximate surface area is 124 Å². The minimum atomic E-state index is -3.18. The third kappa shape index (κ3) is 3.82. The summed E-state index contributed by atoms with van der Waals surface area (Å²) in [6.07, 6.45) is 0. The van der Waals surface area contributed by atoms with Gasteiger partial charge in [0, 0.05) is 17.8 Å². The van der Waals surface area contributed by atoms with Crippen molar-refractivity contribution in [3.63, 3.8) is 0 Å². The number of halogens is 1. The molecule has 0 radical (unpaired) electrons. The molecule has 2 rings (SSSR count). The number of rotatable bonds is 5. The van der Waals surface area contributed by atoms with E-state index in [0.29, 0.717) is 17.0 Å². The van der Waals surface area contributed by atoms with E-state index in [1.165, 1.54) is 6.07 Å². The molecule has 0 heterocycles. The lowest BCUT2D eigenvalue weighted by Gasteiger charge is -2.09. The lowest BCUT2D eigenvalue weighted by molar-refractivity contribution is 0.597. The van der Waals surface area contributed by atoms with Crippen LogP contribution < -0.4 is 5.32 Å². The fraction of sp³-hybridized carbons (Fsp3) is 0.250. The summed E-state index contributed by atoms with van der Waals surface area (Å²) in [4.78, 5) is 0.303. The van der Waals surface area contributed by atoms with Gasteiger partial charge in [-0.3, -0.25) is 0 Å². The predicted molar refractivity (Wildman–Crippen MR) is 82.6 cm³/mol. The molecule has 2 aromatic carbocycles. The number of nitrogens with one attached hydrogen (secondary N) is 1. The van der Waals surface area contributed by atoms with Crippen LogP contribution in [0.5, 0.6) is 0 Å². The molecule has 0 aliphatic rings. The van der Waals surface area contributed by atoms with Crippen LogP contribution in [-0.4, -0.2) is 14.2 Å². The van der Waals surface area contributed by atoms with Gasteiger partial charge in [-0.05, 0) is 37.3 Å². The van der Waals surface area contributed by atoms with Crippen LogP contribution in [0.4, 0.5) is 10.1 Å². The maximum atomic E-state index is 13.6. The topological polar surface area (TPSA) is 46.2 Å². The molecule has 0 amide bonds. The molecule has 3 nitrogen and oxygen atoms in total. The maximum absolute atomic E-state index is 13.6. The van der Waals surface area contributed by atoms with Crippen molar-refractivity contribution in [3.05, 3.63) is 59.4 Å². The van der Waals surface area contributed by atoms with Crippen LogP contribution >= 0.6 is 0 Å². The van der Waals surface area contributed by atoms with E-state index in [2.05, 4.69) is 5.32 Å². The highest BCUT2D eigenvalue weighted by Crippen LogP contribution is 2.17. The van der Waals surface area contributed by atoms with Crippen molar-refractivity contribution in [1.82, 2.24) is 0 Å². The lowest BCUT2D eigenvalue weighted by Crippen LogP contribution is -2.05. The summed E-state index contributed by atoms with van der Waals surface area (Å²) in [6.45, 7) is 3.88. The van der Waals surface area contributed by atoms with Gasteiger partial charge in [0.15, 0.2) is 9.84 Å². The molecule has 0 saturated carbocycles. The van der Waals surface area contributed by atoms with Gasteiger partial charge in [0.1, 0.15) is 5.82 Å². The first-order chi connectivity index (χ1) is 9.92. The number of anilines is 1. The van der Waals surface area contributed by atoms with Gasteiger partial charge in [-0.1, -0.05) is 24.6 Å². The van der Waals surface area contributed by atoms with E-state index in [0.717, 1.165) is 11.3 Å². The Bertz CT molecular complexity index is 724. The zero-order valence-electron chi connectivity index (χ0n) is 12.1. The lowest BCUT2D eigenvalue weighted by atomic mass is 10.1. The van der Waals surface area contributed by atoms with Gasteiger partial charge in [-0.2, -0.15) is 0 Å². The van der Waals surface area contributed by atoms with E-state index in [4.69, 9.17) is 0 Å². The molecular weight excluding hydrogens is 289 g/mol. The Morgan fingerprint density at radius 2 is 1.76 bits per heavy atom. The third-order valence-corrected chi connectivity index (χ3v) is 5.03.